The van der Waals surface area contributed by atoms with Gasteiger partial charge in [-0.2, -0.15) is 5.10 Å². The smallest absolute Gasteiger partial charge is 0.338 e. The summed E-state index contributed by atoms with van der Waals surface area (Å²) in [5, 5.41) is 4.74. The summed E-state index contributed by atoms with van der Waals surface area (Å²) in [6.45, 7) is 1.44. The van der Waals surface area contributed by atoms with Crippen molar-refractivity contribution < 1.29 is 26.4 Å². The maximum atomic E-state index is 12.7. The predicted molar refractivity (Wildman–Crippen MR) is 124 cm³/mol. The van der Waals surface area contributed by atoms with Crippen molar-refractivity contribution in [2.45, 2.75) is 30.9 Å². The maximum Gasteiger partial charge on any atom is 0.338 e. The number of rotatable bonds is 6. The number of aromatic nitrogens is 3. The fourth-order valence-electron chi connectivity index (χ4n) is 3.89. The third kappa shape index (κ3) is 4.50. The lowest BCUT2D eigenvalue weighted by molar-refractivity contribution is 0.0467. The number of hydrogen-bond acceptors (Lipinski definition) is 8. The quantitative estimate of drug-likeness (QED) is 0.485. The summed E-state index contributed by atoms with van der Waals surface area (Å²) in [5.74, 6) is -0.681. The number of nitrogens with zero attached hydrogens (tertiary/aromatic N) is 3. The van der Waals surface area contributed by atoms with Gasteiger partial charge in [-0.25, -0.2) is 30.6 Å². The molecule has 0 bridgehead atoms. The van der Waals surface area contributed by atoms with E-state index in [-0.39, 0.29) is 40.0 Å². The van der Waals surface area contributed by atoms with E-state index in [1.54, 1.807) is 6.92 Å². The van der Waals surface area contributed by atoms with Crippen LogP contribution >= 0.6 is 0 Å². The largest absolute Gasteiger partial charge is 0.456 e. The molecule has 3 heterocycles. The number of pyridine rings is 1. The Balaban J connectivity index is 1.55. The Kier molecular flexibility index (Phi) is 6.12. The van der Waals surface area contributed by atoms with Gasteiger partial charge in [0.1, 0.15) is 12.3 Å². The fraction of sp³-hybridized carbons (Fsp3) is 0.381. The number of esters is 1. The van der Waals surface area contributed by atoms with Crippen LogP contribution in [-0.4, -0.2) is 67.5 Å². The zero-order valence-electron chi connectivity index (χ0n) is 18.8. The number of aromatic amines is 1. The summed E-state index contributed by atoms with van der Waals surface area (Å²) in [5.41, 5.74) is 1.02. The van der Waals surface area contributed by atoms with Crippen molar-refractivity contribution in [3.05, 3.63) is 57.5 Å². The number of benzene rings is 1. The molecule has 182 valence electrons. The van der Waals surface area contributed by atoms with E-state index in [4.69, 9.17) is 4.74 Å². The fourth-order valence-corrected chi connectivity index (χ4v) is 6.49. The second-order valence-electron chi connectivity index (χ2n) is 8.36. The molecule has 4 rings (SSSR count). The molecule has 0 unspecified atom stereocenters. The number of hydrogen-bond donors (Lipinski definition) is 1. The molecule has 0 radical (unpaired) electrons. The molecule has 1 aromatic carbocycles. The first kappa shape index (κ1) is 24.1. The van der Waals surface area contributed by atoms with Crippen molar-refractivity contribution in [2.24, 2.45) is 0 Å². The van der Waals surface area contributed by atoms with Crippen LogP contribution in [0.25, 0.3) is 11.0 Å². The van der Waals surface area contributed by atoms with Crippen molar-refractivity contribution in [3.63, 3.8) is 0 Å². The minimum atomic E-state index is -3.62. The third-order valence-corrected chi connectivity index (χ3v) is 9.28. The maximum absolute atomic E-state index is 12.7. The van der Waals surface area contributed by atoms with Gasteiger partial charge in [-0.05, 0) is 37.6 Å². The Labute approximate surface area is 196 Å². The van der Waals surface area contributed by atoms with Crippen LogP contribution in [0.3, 0.4) is 0 Å². The lowest BCUT2D eigenvalue weighted by atomic mass is 10.2. The SMILES string of the molecule is Cc1nn([C@@H]2CCS(=O)(=O)C2)c2[nH]c(COC(=O)c3ccc(S(=O)(=O)N(C)C)cc3)cc(=O)c12. The van der Waals surface area contributed by atoms with Gasteiger partial charge in [0, 0.05) is 20.2 Å². The normalized spacial score (nSPS) is 17.9. The van der Waals surface area contributed by atoms with Gasteiger partial charge in [-0.1, -0.05) is 0 Å². The second-order valence-corrected chi connectivity index (χ2v) is 12.7. The zero-order valence-corrected chi connectivity index (χ0v) is 20.4. The number of sulfonamides is 1. The van der Waals surface area contributed by atoms with Crippen LogP contribution in [0.2, 0.25) is 0 Å². The van der Waals surface area contributed by atoms with E-state index < -0.39 is 25.8 Å². The van der Waals surface area contributed by atoms with Gasteiger partial charge >= 0.3 is 5.97 Å². The van der Waals surface area contributed by atoms with Gasteiger partial charge in [0.05, 0.1) is 44.8 Å². The number of sulfone groups is 1. The molecule has 1 aliphatic rings. The molecule has 0 saturated carbocycles. The summed E-state index contributed by atoms with van der Waals surface area (Å²) in [6, 6.07) is 6.26. The molecule has 1 aliphatic heterocycles. The van der Waals surface area contributed by atoms with Crippen molar-refractivity contribution in [2.75, 3.05) is 25.6 Å². The van der Waals surface area contributed by atoms with Crippen LogP contribution in [0.15, 0.2) is 40.0 Å². The Hall–Kier alpha value is -3.03. The first-order chi connectivity index (χ1) is 15.9. The first-order valence-corrected chi connectivity index (χ1v) is 13.7. The molecule has 1 N–H and O–H groups in total. The first-order valence-electron chi connectivity index (χ1n) is 10.4. The molecule has 34 heavy (non-hydrogen) atoms. The van der Waals surface area contributed by atoms with E-state index in [1.807, 2.05) is 0 Å². The molecule has 0 aliphatic carbocycles. The average molecular weight is 509 g/mol. The van der Waals surface area contributed by atoms with Crippen molar-refractivity contribution >= 4 is 36.9 Å². The van der Waals surface area contributed by atoms with Crippen LogP contribution in [0, 0.1) is 6.92 Å². The number of H-pyrrole nitrogens is 1. The van der Waals surface area contributed by atoms with Gasteiger partial charge in [-0.15, -0.1) is 0 Å². The summed E-state index contributed by atoms with van der Waals surface area (Å²) in [6.07, 6.45) is 0.402. The highest BCUT2D eigenvalue weighted by Crippen LogP contribution is 2.27. The van der Waals surface area contributed by atoms with E-state index in [1.165, 1.54) is 49.1 Å². The molecule has 1 atom stereocenters. The molecular weight excluding hydrogens is 484 g/mol. The molecule has 0 spiro atoms. The number of carbonyl (C=O) groups excluding carboxylic acids is 1. The number of nitrogens with one attached hydrogen (secondary N) is 1. The average Bonchev–Trinajstić information content (AvgIpc) is 3.30. The van der Waals surface area contributed by atoms with Crippen molar-refractivity contribution in [3.8, 4) is 0 Å². The van der Waals surface area contributed by atoms with E-state index >= 15 is 0 Å². The number of aryl methyl sites for hydroxylation is 1. The topological polar surface area (TPSA) is 148 Å². The zero-order chi connectivity index (χ0) is 24.8. The Bertz CT molecular complexity index is 1540. The van der Waals surface area contributed by atoms with Gasteiger partial charge in [0.2, 0.25) is 10.0 Å². The number of ether oxygens (including phenoxy) is 1. The monoisotopic (exact) mass is 508 g/mol. The second kappa shape index (κ2) is 8.64. The van der Waals surface area contributed by atoms with Gasteiger partial charge in [0.15, 0.2) is 15.3 Å². The summed E-state index contributed by atoms with van der Waals surface area (Å²) >= 11 is 0. The van der Waals surface area contributed by atoms with E-state index in [0.29, 0.717) is 28.8 Å². The minimum absolute atomic E-state index is 0.0430. The predicted octanol–water partition coefficient (Wildman–Crippen LogP) is 1.000. The standard InChI is InChI=1S/C21H24N4O7S2/c1-13-19-18(26)10-15(22-20(19)25(23-13)16-8-9-33(28,29)12-16)11-32-21(27)14-4-6-17(7-5-14)34(30,31)24(2)3/h4-7,10,16H,8-9,11-12H2,1-3H3,(H,22,26)/t16-/m1/s1. The van der Waals surface area contributed by atoms with E-state index in [2.05, 4.69) is 10.1 Å². The summed E-state index contributed by atoms with van der Waals surface area (Å²) < 4.78 is 56.0. The van der Waals surface area contributed by atoms with Crippen LogP contribution in [-0.2, 0) is 31.2 Å². The summed E-state index contributed by atoms with van der Waals surface area (Å²) in [4.78, 5) is 28.2. The molecule has 13 heteroatoms. The Morgan fingerprint density at radius 3 is 2.53 bits per heavy atom. The third-order valence-electron chi connectivity index (χ3n) is 5.70. The van der Waals surface area contributed by atoms with Crippen LogP contribution in [0.1, 0.15) is 34.2 Å². The minimum Gasteiger partial charge on any atom is -0.456 e. The van der Waals surface area contributed by atoms with Crippen molar-refractivity contribution in [1.82, 2.24) is 19.1 Å². The molecule has 2 aromatic heterocycles. The van der Waals surface area contributed by atoms with Crippen molar-refractivity contribution in [1.29, 1.82) is 0 Å². The molecule has 3 aromatic rings. The Morgan fingerprint density at radius 1 is 1.26 bits per heavy atom. The summed E-state index contributed by atoms with van der Waals surface area (Å²) in [7, 11) is -3.95. The highest BCUT2D eigenvalue weighted by Gasteiger charge is 2.31. The van der Waals surface area contributed by atoms with E-state index in [0.717, 1.165) is 4.31 Å². The molecule has 11 nitrogen and oxygen atoms in total. The van der Waals surface area contributed by atoms with Crippen LogP contribution in [0.4, 0.5) is 0 Å². The van der Waals surface area contributed by atoms with Crippen LogP contribution < -0.4 is 5.43 Å². The van der Waals surface area contributed by atoms with Gasteiger partial charge in [-0.3, -0.25) is 4.79 Å². The number of fused-ring (bicyclic) bond motifs is 1. The van der Waals surface area contributed by atoms with Gasteiger partial charge in [0.25, 0.3) is 0 Å². The molecule has 0 amide bonds. The Morgan fingerprint density at radius 2 is 1.94 bits per heavy atom. The van der Waals surface area contributed by atoms with Gasteiger partial charge < -0.3 is 9.72 Å². The molecular formula is C21H24N4O7S2. The molecule has 1 saturated heterocycles. The molecule has 1 fully saturated rings. The lowest BCUT2D eigenvalue weighted by Gasteiger charge is -2.12. The highest BCUT2D eigenvalue weighted by molar-refractivity contribution is 7.91. The highest BCUT2D eigenvalue weighted by atomic mass is 32.2. The van der Waals surface area contributed by atoms with Crippen LogP contribution in [0.5, 0.6) is 0 Å². The number of carbonyl (C=O) groups is 1. The lowest BCUT2D eigenvalue weighted by Crippen LogP contribution is -2.22. The van der Waals surface area contributed by atoms with E-state index in [9.17, 15) is 26.4 Å².